The standard InChI is InChI=1S/C30H36ClN3O6S/c1-5-18-32-30(36)26(6-2)33(20-22-10-8-7-9-11-22)29(35)21-34(24-14-12-23(31)13-15-24)41(37,38)25-16-17-27(39-3)28(19-25)40-4/h7-17,19,26H,5-6,18,20-21H2,1-4H3,(H,32,36)/t26-/m0/s1. The van der Waals surface area contributed by atoms with Crippen LogP contribution in [-0.4, -0.2) is 58.5 Å². The van der Waals surface area contributed by atoms with Gasteiger partial charge in [0, 0.05) is 24.2 Å². The smallest absolute Gasteiger partial charge is 0.264 e. The van der Waals surface area contributed by atoms with Gasteiger partial charge in [-0.15, -0.1) is 0 Å². The lowest BCUT2D eigenvalue weighted by Crippen LogP contribution is -2.52. The summed E-state index contributed by atoms with van der Waals surface area (Å²) in [6.07, 6.45) is 1.08. The Kier molecular flexibility index (Phi) is 11.4. The van der Waals surface area contributed by atoms with E-state index in [4.69, 9.17) is 21.1 Å². The van der Waals surface area contributed by atoms with Crippen molar-refractivity contribution in [1.82, 2.24) is 10.2 Å². The number of sulfonamides is 1. The SMILES string of the molecule is CCCNC(=O)[C@H](CC)N(Cc1ccccc1)C(=O)CN(c1ccc(Cl)cc1)S(=O)(=O)c1ccc(OC)c(OC)c1. The Morgan fingerprint density at radius 3 is 2.17 bits per heavy atom. The number of nitrogens with zero attached hydrogens (tertiary/aromatic N) is 2. The highest BCUT2D eigenvalue weighted by Gasteiger charge is 2.34. The molecular formula is C30H36ClN3O6S. The molecule has 3 aromatic rings. The van der Waals surface area contributed by atoms with Gasteiger partial charge in [0.2, 0.25) is 11.8 Å². The minimum atomic E-state index is -4.29. The number of carbonyl (C=O) groups is 2. The Labute approximate surface area is 247 Å². The van der Waals surface area contributed by atoms with Crippen molar-refractivity contribution in [2.24, 2.45) is 0 Å². The summed E-state index contributed by atoms with van der Waals surface area (Å²) in [6, 6.07) is 18.8. The first-order chi connectivity index (χ1) is 19.7. The van der Waals surface area contributed by atoms with Crippen molar-refractivity contribution < 1.29 is 27.5 Å². The minimum absolute atomic E-state index is 0.0970. The van der Waals surface area contributed by atoms with E-state index in [1.165, 1.54) is 49.5 Å². The van der Waals surface area contributed by atoms with Crippen molar-refractivity contribution in [1.29, 1.82) is 0 Å². The van der Waals surface area contributed by atoms with Gasteiger partial charge >= 0.3 is 0 Å². The van der Waals surface area contributed by atoms with E-state index in [1.807, 2.05) is 44.2 Å². The van der Waals surface area contributed by atoms with Crippen LogP contribution in [0, 0.1) is 0 Å². The van der Waals surface area contributed by atoms with E-state index in [1.54, 1.807) is 12.1 Å². The Morgan fingerprint density at radius 2 is 1.59 bits per heavy atom. The minimum Gasteiger partial charge on any atom is -0.493 e. The molecule has 3 rings (SSSR count). The molecule has 0 aliphatic heterocycles. The molecule has 9 nitrogen and oxygen atoms in total. The van der Waals surface area contributed by atoms with Gasteiger partial charge in [-0.3, -0.25) is 13.9 Å². The quantitative estimate of drug-likeness (QED) is 0.282. The van der Waals surface area contributed by atoms with E-state index in [0.717, 1.165) is 16.3 Å². The second-order valence-electron chi connectivity index (χ2n) is 9.23. The summed E-state index contributed by atoms with van der Waals surface area (Å²) in [5.74, 6) is -0.246. The lowest BCUT2D eigenvalue weighted by molar-refractivity contribution is -0.140. The van der Waals surface area contributed by atoms with Crippen LogP contribution in [0.5, 0.6) is 11.5 Å². The lowest BCUT2D eigenvalue weighted by atomic mass is 10.1. The Bertz CT molecular complexity index is 1420. The number of nitrogens with one attached hydrogen (secondary N) is 1. The third-order valence-corrected chi connectivity index (χ3v) is 8.49. The molecule has 1 N–H and O–H groups in total. The highest BCUT2D eigenvalue weighted by molar-refractivity contribution is 7.92. The summed E-state index contributed by atoms with van der Waals surface area (Å²) in [6.45, 7) is 3.80. The normalized spacial score (nSPS) is 11.8. The summed E-state index contributed by atoms with van der Waals surface area (Å²) in [5, 5.41) is 3.28. The van der Waals surface area contributed by atoms with Crippen molar-refractivity contribution in [3.05, 3.63) is 83.4 Å². The van der Waals surface area contributed by atoms with E-state index in [-0.39, 0.29) is 28.8 Å². The number of hydrogen-bond donors (Lipinski definition) is 1. The van der Waals surface area contributed by atoms with Gasteiger partial charge < -0.3 is 19.7 Å². The number of hydrogen-bond acceptors (Lipinski definition) is 6. The summed E-state index contributed by atoms with van der Waals surface area (Å²) in [7, 11) is -1.43. The van der Waals surface area contributed by atoms with Crippen molar-refractivity contribution in [3.8, 4) is 11.5 Å². The van der Waals surface area contributed by atoms with Gasteiger partial charge in [-0.05, 0) is 54.8 Å². The Morgan fingerprint density at radius 1 is 0.927 bits per heavy atom. The van der Waals surface area contributed by atoms with E-state index in [2.05, 4.69) is 5.32 Å². The number of carbonyl (C=O) groups excluding carboxylic acids is 2. The third kappa shape index (κ3) is 7.92. The zero-order valence-electron chi connectivity index (χ0n) is 23.7. The average molecular weight is 602 g/mol. The zero-order chi connectivity index (χ0) is 30.0. The lowest BCUT2D eigenvalue weighted by Gasteiger charge is -2.33. The maximum atomic E-state index is 14.1. The van der Waals surface area contributed by atoms with Crippen LogP contribution < -0.4 is 19.1 Å². The molecule has 0 heterocycles. The maximum Gasteiger partial charge on any atom is 0.264 e. The largest absolute Gasteiger partial charge is 0.493 e. The second-order valence-corrected chi connectivity index (χ2v) is 11.5. The number of rotatable bonds is 14. The van der Waals surface area contributed by atoms with Gasteiger partial charge in [-0.25, -0.2) is 8.42 Å². The number of amides is 2. The van der Waals surface area contributed by atoms with Crippen molar-refractivity contribution in [2.45, 2.75) is 44.2 Å². The van der Waals surface area contributed by atoms with Crippen LogP contribution in [-0.2, 0) is 26.2 Å². The van der Waals surface area contributed by atoms with Gasteiger partial charge in [-0.2, -0.15) is 0 Å². The molecule has 220 valence electrons. The molecule has 0 saturated heterocycles. The van der Waals surface area contributed by atoms with Crippen LogP contribution in [0.1, 0.15) is 32.3 Å². The first-order valence-corrected chi connectivity index (χ1v) is 15.1. The maximum absolute atomic E-state index is 14.1. The first-order valence-electron chi connectivity index (χ1n) is 13.3. The molecule has 0 fully saturated rings. The van der Waals surface area contributed by atoms with Crippen LogP contribution in [0.25, 0.3) is 0 Å². The van der Waals surface area contributed by atoms with E-state index in [0.29, 0.717) is 23.7 Å². The van der Waals surface area contributed by atoms with Crippen LogP contribution >= 0.6 is 11.6 Å². The zero-order valence-corrected chi connectivity index (χ0v) is 25.2. The van der Waals surface area contributed by atoms with Crippen LogP contribution in [0.4, 0.5) is 5.69 Å². The average Bonchev–Trinajstić information content (AvgIpc) is 2.99. The molecule has 0 spiro atoms. The molecule has 11 heteroatoms. The Balaban J connectivity index is 2.07. The molecule has 1 atom stereocenters. The molecule has 3 aromatic carbocycles. The van der Waals surface area contributed by atoms with Crippen molar-refractivity contribution in [2.75, 3.05) is 31.6 Å². The highest BCUT2D eigenvalue weighted by atomic mass is 35.5. The first kappa shape index (κ1) is 31.8. The summed E-state index contributed by atoms with van der Waals surface area (Å²) < 4.78 is 39.7. The molecule has 0 unspecified atom stereocenters. The molecular weight excluding hydrogens is 566 g/mol. The predicted octanol–water partition coefficient (Wildman–Crippen LogP) is 4.89. The van der Waals surface area contributed by atoms with E-state index < -0.39 is 28.5 Å². The molecule has 0 bridgehead atoms. The van der Waals surface area contributed by atoms with Crippen molar-refractivity contribution >= 4 is 39.1 Å². The Hall–Kier alpha value is -3.76. The fourth-order valence-electron chi connectivity index (χ4n) is 4.31. The molecule has 0 radical (unpaired) electrons. The second kappa shape index (κ2) is 14.7. The van der Waals surface area contributed by atoms with Gasteiger partial charge in [0.05, 0.1) is 24.8 Å². The van der Waals surface area contributed by atoms with E-state index >= 15 is 0 Å². The number of benzene rings is 3. The molecule has 0 aliphatic rings. The monoisotopic (exact) mass is 601 g/mol. The van der Waals surface area contributed by atoms with E-state index in [9.17, 15) is 18.0 Å². The molecule has 41 heavy (non-hydrogen) atoms. The highest BCUT2D eigenvalue weighted by Crippen LogP contribution is 2.32. The predicted molar refractivity (Wildman–Crippen MR) is 160 cm³/mol. The third-order valence-electron chi connectivity index (χ3n) is 6.47. The molecule has 0 aromatic heterocycles. The van der Waals surface area contributed by atoms with Crippen LogP contribution in [0.3, 0.4) is 0 Å². The van der Waals surface area contributed by atoms with Crippen LogP contribution in [0.2, 0.25) is 5.02 Å². The fraction of sp³-hybridized carbons (Fsp3) is 0.333. The van der Waals surface area contributed by atoms with Gasteiger partial charge in [0.1, 0.15) is 12.6 Å². The van der Waals surface area contributed by atoms with Gasteiger partial charge in [0.25, 0.3) is 10.0 Å². The number of anilines is 1. The molecule has 0 aliphatic carbocycles. The summed E-state index contributed by atoms with van der Waals surface area (Å²) in [5.41, 5.74) is 1.05. The van der Waals surface area contributed by atoms with Gasteiger partial charge in [0.15, 0.2) is 11.5 Å². The number of halogens is 1. The van der Waals surface area contributed by atoms with Crippen molar-refractivity contribution in [3.63, 3.8) is 0 Å². The summed E-state index contributed by atoms with van der Waals surface area (Å²) in [4.78, 5) is 28.5. The number of methoxy groups -OCH3 is 2. The van der Waals surface area contributed by atoms with Crippen LogP contribution in [0.15, 0.2) is 77.7 Å². The van der Waals surface area contributed by atoms with Gasteiger partial charge in [-0.1, -0.05) is 55.8 Å². The fourth-order valence-corrected chi connectivity index (χ4v) is 5.86. The topological polar surface area (TPSA) is 105 Å². The summed E-state index contributed by atoms with van der Waals surface area (Å²) >= 11 is 6.09. The molecule has 2 amide bonds. The molecule has 0 saturated carbocycles. The number of ether oxygens (including phenoxy) is 2.